The lowest BCUT2D eigenvalue weighted by Crippen LogP contribution is -2.02. The van der Waals surface area contributed by atoms with E-state index in [9.17, 15) is 0 Å². The van der Waals surface area contributed by atoms with Crippen LogP contribution in [-0.2, 0) is 0 Å². The molecule has 256 valence electrons. The van der Waals surface area contributed by atoms with E-state index in [0.29, 0.717) is 17.5 Å². The average Bonchev–Trinajstić information content (AvgIpc) is 3.61. The molecule has 0 bridgehead atoms. The highest BCUT2D eigenvalue weighted by Crippen LogP contribution is 2.43. The van der Waals surface area contributed by atoms with Crippen molar-refractivity contribution >= 4 is 54.1 Å². The van der Waals surface area contributed by atoms with Crippen LogP contribution in [0.15, 0.2) is 194 Å². The summed E-state index contributed by atoms with van der Waals surface area (Å²) in [5, 5.41) is 9.62. The van der Waals surface area contributed by atoms with Crippen molar-refractivity contribution in [3.63, 3.8) is 0 Å². The zero-order valence-corrected chi connectivity index (χ0v) is 29.8. The van der Waals surface area contributed by atoms with Crippen LogP contribution in [0.25, 0.3) is 105 Å². The normalized spacial score (nSPS) is 11.6. The van der Waals surface area contributed by atoms with E-state index in [1.807, 2.05) is 24.3 Å². The molecule has 4 heteroatoms. The summed E-state index contributed by atoms with van der Waals surface area (Å²) < 4.78 is 2.43. The van der Waals surface area contributed by atoms with Gasteiger partial charge >= 0.3 is 0 Å². The summed E-state index contributed by atoms with van der Waals surface area (Å²) in [5.41, 5.74) is 8.50. The Labute approximate surface area is 317 Å². The summed E-state index contributed by atoms with van der Waals surface area (Å²) in [5.74, 6) is 1.89. The number of fused-ring (bicyclic) bond motifs is 9. The van der Waals surface area contributed by atoms with E-state index in [1.165, 1.54) is 43.3 Å². The molecule has 0 radical (unpaired) electrons. The van der Waals surface area contributed by atoms with E-state index >= 15 is 0 Å². The number of hydrogen-bond acceptors (Lipinski definition) is 3. The molecule has 0 atom stereocenters. The Morgan fingerprint density at radius 1 is 0.273 bits per heavy atom. The van der Waals surface area contributed by atoms with Crippen LogP contribution in [0.3, 0.4) is 0 Å². The fourth-order valence-corrected chi connectivity index (χ4v) is 8.29. The minimum atomic E-state index is 0.622. The molecule has 0 aliphatic rings. The average molecular weight is 701 g/mol. The molecule has 0 N–H and O–H groups in total. The number of rotatable bonds is 5. The van der Waals surface area contributed by atoms with Gasteiger partial charge in [0.2, 0.25) is 0 Å². The summed E-state index contributed by atoms with van der Waals surface area (Å²) >= 11 is 0. The van der Waals surface area contributed by atoms with Gasteiger partial charge < -0.3 is 4.57 Å². The Hall–Kier alpha value is -7.43. The number of hydrogen-bond donors (Lipinski definition) is 0. The van der Waals surface area contributed by atoms with Gasteiger partial charge in [-0.05, 0) is 62.3 Å². The summed E-state index contributed by atoms with van der Waals surface area (Å²) in [6.45, 7) is 0. The van der Waals surface area contributed by atoms with Gasteiger partial charge in [-0.2, -0.15) is 0 Å². The van der Waals surface area contributed by atoms with Crippen molar-refractivity contribution in [1.82, 2.24) is 19.5 Å². The lowest BCUT2D eigenvalue weighted by Gasteiger charge is -2.18. The Bertz CT molecular complexity index is 3190. The highest BCUT2D eigenvalue weighted by Gasteiger charge is 2.21. The second-order valence-corrected chi connectivity index (χ2v) is 14.0. The molecule has 0 spiro atoms. The van der Waals surface area contributed by atoms with Crippen molar-refractivity contribution in [3.05, 3.63) is 194 Å². The van der Waals surface area contributed by atoms with E-state index in [1.54, 1.807) is 0 Å². The summed E-state index contributed by atoms with van der Waals surface area (Å²) in [6, 6.07) is 68.7. The molecule has 0 amide bonds. The van der Waals surface area contributed by atoms with Crippen LogP contribution in [0, 0.1) is 0 Å². The Morgan fingerprint density at radius 2 is 0.655 bits per heavy atom. The van der Waals surface area contributed by atoms with Gasteiger partial charge in [-0.15, -0.1) is 0 Å². The fourth-order valence-electron chi connectivity index (χ4n) is 8.29. The number of nitrogens with zero attached hydrogens (tertiary/aromatic N) is 4. The van der Waals surface area contributed by atoms with Crippen molar-refractivity contribution < 1.29 is 0 Å². The second kappa shape index (κ2) is 12.6. The smallest absolute Gasteiger partial charge is 0.164 e. The number of benzene rings is 9. The van der Waals surface area contributed by atoms with Crippen molar-refractivity contribution in [3.8, 4) is 51.0 Å². The highest BCUT2D eigenvalue weighted by atomic mass is 15.0. The predicted molar refractivity (Wildman–Crippen MR) is 228 cm³/mol. The fraction of sp³-hybridized carbons (Fsp3) is 0. The van der Waals surface area contributed by atoms with Crippen LogP contribution in [0.5, 0.6) is 0 Å². The lowest BCUT2D eigenvalue weighted by atomic mass is 9.91. The molecule has 9 aromatic carbocycles. The second-order valence-electron chi connectivity index (χ2n) is 14.0. The molecule has 0 unspecified atom stereocenters. The SMILES string of the molecule is c1ccc(-c2ccc(-c3nc(-c4ccccc4)nc(-c4cc(-n5c6ccccc6c6ccccc65)c5c6ccccc6c6ccccc6c5c4)n3)cc2)cc1. The topological polar surface area (TPSA) is 43.6 Å². The summed E-state index contributed by atoms with van der Waals surface area (Å²) in [6.07, 6.45) is 0. The standard InChI is InChI=1S/C51H32N4/c1-3-15-33(16-4-1)34-27-29-36(30-28-34)50-52-49(35-17-5-2-6-18-35)53-51(54-50)37-31-44-40-21-8-7-19-38(40)39-20-9-10-24-43(39)48(44)47(32-37)55-45-25-13-11-22-41(45)42-23-12-14-26-46(42)55/h1-32H. The van der Waals surface area contributed by atoms with Crippen LogP contribution in [-0.4, -0.2) is 19.5 Å². The maximum Gasteiger partial charge on any atom is 0.164 e. The third-order valence-corrected chi connectivity index (χ3v) is 10.8. The first-order valence-corrected chi connectivity index (χ1v) is 18.6. The molecule has 55 heavy (non-hydrogen) atoms. The van der Waals surface area contributed by atoms with Gasteiger partial charge in [0.05, 0.1) is 16.7 Å². The third-order valence-electron chi connectivity index (χ3n) is 10.8. The largest absolute Gasteiger partial charge is 0.309 e. The van der Waals surface area contributed by atoms with E-state index in [0.717, 1.165) is 44.4 Å². The molecule has 11 rings (SSSR count). The van der Waals surface area contributed by atoms with Gasteiger partial charge in [-0.3, -0.25) is 0 Å². The third kappa shape index (κ3) is 5.11. The zero-order valence-electron chi connectivity index (χ0n) is 29.8. The van der Waals surface area contributed by atoms with Gasteiger partial charge in [-0.25, -0.2) is 15.0 Å². The molecule has 2 heterocycles. The minimum Gasteiger partial charge on any atom is -0.309 e. The van der Waals surface area contributed by atoms with Crippen molar-refractivity contribution in [2.45, 2.75) is 0 Å². The molecule has 2 aromatic heterocycles. The van der Waals surface area contributed by atoms with Gasteiger partial charge in [0.15, 0.2) is 17.5 Å². The Kier molecular flexibility index (Phi) is 7.14. The number of para-hydroxylation sites is 2. The van der Waals surface area contributed by atoms with Crippen molar-refractivity contribution in [2.75, 3.05) is 0 Å². The Morgan fingerprint density at radius 3 is 1.24 bits per heavy atom. The monoisotopic (exact) mass is 700 g/mol. The maximum absolute atomic E-state index is 5.27. The maximum atomic E-state index is 5.27. The minimum absolute atomic E-state index is 0.622. The molecule has 4 nitrogen and oxygen atoms in total. The molecule has 0 fully saturated rings. The molecular formula is C51H32N4. The van der Waals surface area contributed by atoms with Crippen molar-refractivity contribution in [2.24, 2.45) is 0 Å². The Balaban J connectivity index is 1.24. The first kappa shape index (κ1) is 31.1. The van der Waals surface area contributed by atoms with Gasteiger partial charge in [0, 0.05) is 32.8 Å². The van der Waals surface area contributed by atoms with Gasteiger partial charge in [-0.1, -0.05) is 170 Å². The van der Waals surface area contributed by atoms with Crippen LogP contribution < -0.4 is 0 Å². The van der Waals surface area contributed by atoms with Crippen molar-refractivity contribution in [1.29, 1.82) is 0 Å². The summed E-state index contributed by atoms with van der Waals surface area (Å²) in [7, 11) is 0. The molecule has 0 saturated heterocycles. The molecule has 0 saturated carbocycles. The quantitative estimate of drug-likeness (QED) is 0.168. The highest BCUT2D eigenvalue weighted by molar-refractivity contribution is 6.28. The molecule has 0 aliphatic carbocycles. The first-order chi connectivity index (χ1) is 27.3. The van der Waals surface area contributed by atoms with E-state index in [4.69, 9.17) is 15.0 Å². The van der Waals surface area contributed by atoms with E-state index in [2.05, 4.69) is 174 Å². The van der Waals surface area contributed by atoms with Crippen LogP contribution in [0.2, 0.25) is 0 Å². The van der Waals surface area contributed by atoms with Crippen LogP contribution >= 0.6 is 0 Å². The predicted octanol–water partition coefficient (Wildman–Crippen LogP) is 13.1. The molecule has 11 aromatic rings. The van der Waals surface area contributed by atoms with E-state index < -0.39 is 0 Å². The lowest BCUT2D eigenvalue weighted by molar-refractivity contribution is 1.07. The van der Waals surface area contributed by atoms with Crippen LogP contribution in [0.1, 0.15) is 0 Å². The van der Waals surface area contributed by atoms with E-state index in [-0.39, 0.29) is 0 Å². The first-order valence-electron chi connectivity index (χ1n) is 18.6. The summed E-state index contributed by atoms with van der Waals surface area (Å²) in [4.78, 5) is 15.6. The van der Waals surface area contributed by atoms with Crippen LogP contribution in [0.4, 0.5) is 0 Å². The molecular weight excluding hydrogens is 669 g/mol. The molecule has 0 aliphatic heterocycles. The zero-order chi connectivity index (χ0) is 36.3. The van der Waals surface area contributed by atoms with Gasteiger partial charge in [0.25, 0.3) is 0 Å². The van der Waals surface area contributed by atoms with Gasteiger partial charge in [0.1, 0.15) is 0 Å². The number of aromatic nitrogens is 4.